The first-order chi connectivity index (χ1) is 9.36. The van der Waals surface area contributed by atoms with Gasteiger partial charge >= 0.3 is 5.97 Å². The van der Waals surface area contributed by atoms with E-state index in [1.165, 1.54) is 12.1 Å². The van der Waals surface area contributed by atoms with E-state index in [4.69, 9.17) is 5.73 Å². The average Bonchev–Trinajstić information content (AvgIpc) is 2.37. The Morgan fingerprint density at radius 2 is 2.15 bits per heavy atom. The maximum atomic E-state index is 11.2. The quantitative estimate of drug-likeness (QED) is 0.300. The number of nitro benzene ring substituents is 1. The van der Waals surface area contributed by atoms with Crippen LogP contribution in [0.4, 0.5) is 11.4 Å². The molecule has 0 spiro atoms. The summed E-state index contributed by atoms with van der Waals surface area (Å²) in [6.07, 6.45) is -3.55. The third kappa shape index (κ3) is 3.90. The lowest BCUT2D eigenvalue weighted by molar-refractivity contribution is -0.386. The minimum atomic E-state index is -1.58. The number of ether oxygens (including phenoxy) is 1. The van der Waals surface area contributed by atoms with E-state index in [9.17, 15) is 25.1 Å². The number of rotatable bonds is 6. The zero-order valence-corrected chi connectivity index (χ0v) is 10.9. The summed E-state index contributed by atoms with van der Waals surface area (Å²) in [5.41, 5.74) is 5.07. The Morgan fingerprint density at radius 1 is 1.50 bits per heavy atom. The van der Waals surface area contributed by atoms with Gasteiger partial charge in [0.1, 0.15) is 6.10 Å². The van der Waals surface area contributed by atoms with Gasteiger partial charge in [0.05, 0.1) is 29.6 Å². The Morgan fingerprint density at radius 3 is 2.70 bits per heavy atom. The number of nitrogen functional groups attached to an aromatic ring is 1. The fourth-order valence-electron chi connectivity index (χ4n) is 1.68. The van der Waals surface area contributed by atoms with Crippen molar-refractivity contribution in [2.24, 2.45) is 0 Å². The molecule has 8 nitrogen and oxygen atoms in total. The number of aliphatic hydroxyl groups excluding tert-OH is 2. The highest BCUT2D eigenvalue weighted by Crippen LogP contribution is 2.30. The molecule has 20 heavy (non-hydrogen) atoms. The molecule has 0 aliphatic carbocycles. The normalized spacial score (nSPS) is 13.6. The first-order valence-corrected chi connectivity index (χ1v) is 5.92. The molecular formula is C12H16N2O6. The van der Waals surface area contributed by atoms with Crippen molar-refractivity contribution >= 4 is 17.3 Å². The van der Waals surface area contributed by atoms with Crippen molar-refractivity contribution in [3.05, 3.63) is 33.9 Å². The van der Waals surface area contributed by atoms with Crippen molar-refractivity contribution in [3.8, 4) is 0 Å². The molecule has 0 saturated carbocycles. The van der Waals surface area contributed by atoms with Crippen LogP contribution < -0.4 is 5.73 Å². The van der Waals surface area contributed by atoms with E-state index in [0.717, 1.165) is 6.07 Å². The number of carbonyl (C=O) groups is 1. The van der Waals surface area contributed by atoms with Gasteiger partial charge in [-0.1, -0.05) is 0 Å². The average molecular weight is 284 g/mol. The molecule has 0 bridgehead atoms. The van der Waals surface area contributed by atoms with Gasteiger partial charge in [0, 0.05) is 11.8 Å². The number of carbonyl (C=O) groups excluding carboxylic acids is 1. The van der Waals surface area contributed by atoms with E-state index >= 15 is 0 Å². The Labute approximate surface area is 114 Å². The van der Waals surface area contributed by atoms with Crippen LogP contribution >= 0.6 is 0 Å². The van der Waals surface area contributed by atoms with Crippen LogP contribution in [-0.2, 0) is 9.53 Å². The predicted molar refractivity (Wildman–Crippen MR) is 69.7 cm³/mol. The Hall–Kier alpha value is -2.19. The van der Waals surface area contributed by atoms with Crippen molar-refractivity contribution < 1.29 is 24.7 Å². The molecule has 1 rings (SSSR count). The van der Waals surface area contributed by atoms with Gasteiger partial charge in [-0.25, -0.2) is 0 Å². The number of nitrogens with two attached hydrogens (primary N) is 1. The molecule has 1 aromatic carbocycles. The molecule has 0 saturated heterocycles. The summed E-state index contributed by atoms with van der Waals surface area (Å²) >= 11 is 0. The van der Waals surface area contributed by atoms with Gasteiger partial charge in [0.2, 0.25) is 0 Å². The zero-order valence-electron chi connectivity index (χ0n) is 10.9. The van der Waals surface area contributed by atoms with Gasteiger partial charge in [0.15, 0.2) is 0 Å². The standard InChI is InChI=1S/C12H16N2O6/c1-2-20-11(16)6-10(15)12(17)8-4-3-7(13)5-9(8)14(18)19/h3-5,10,12,15,17H,2,6,13H2,1H3. The van der Waals surface area contributed by atoms with Crippen LogP contribution in [-0.4, -0.2) is 33.8 Å². The van der Waals surface area contributed by atoms with Gasteiger partial charge in [-0.15, -0.1) is 0 Å². The summed E-state index contributed by atoms with van der Waals surface area (Å²) in [5.74, 6) is -0.697. The minimum absolute atomic E-state index is 0.110. The Balaban J connectivity index is 2.93. The highest BCUT2D eigenvalue weighted by Gasteiger charge is 2.28. The molecule has 4 N–H and O–H groups in total. The monoisotopic (exact) mass is 284 g/mol. The molecule has 0 radical (unpaired) electrons. The van der Waals surface area contributed by atoms with Crippen LogP contribution in [0.1, 0.15) is 25.0 Å². The van der Waals surface area contributed by atoms with Gasteiger partial charge in [-0.2, -0.15) is 0 Å². The summed E-state index contributed by atoms with van der Waals surface area (Å²) in [4.78, 5) is 21.4. The number of aliphatic hydroxyl groups is 2. The first kappa shape index (κ1) is 15.9. The lowest BCUT2D eigenvalue weighted by atomic mass is 10.00. The summed E-state index contributed by atoms with van der Waals surface area (Å²) in [5, 5.41) is 30.6. The topological polar surface area (TPSA) is 136 Å². The van der Waals surface area contributed by atoms with Gasteiger partial charge in [0.25, 0.3) is 5.69 Å². The summed E-state index contributed by atoms with van der Waals surface area (Å²) < 4.78 is 4.63. The molecular weight excluding hydrogens is 268 g/mol. The van der Waals surface area contributed by atoms with Crippen molar-refractivity contribution in [3.63, 3.8) is 0 Å². The number of esters is 1. The van der Waals surface area contributed by atoms with Gasteiger partial charge < -0.3 is 20.7 Å². The van der Waals surface area contributed by atoms with Crippen LogP contribution in [0.5, 0.6) is 0 Å². The molecule has 0 aliphatic heterocycles. The molecule has 1 aromatic rings. The maximum absolute atomic E-state index is 11.2. The van der Waals surface area contributed by atoms with Crippen molar-refractivity contribution in [2.45, 2.75) is 25.6 Å². The maximum Gasteiger partial charge on any atom is 0.308 e. The summed E-state index contributed by atoms with van der Waals surface area (Å²) in [7, 11) is 0. The lowest BCUT2D eigenvalue weighted by Gasteiger charge is -2.17. The van der Waals surface area contributed by atoms with Crippen LogP contribution in [0.25, 0.3) is 0 Å². The van der Waals surface area contributed by atoms with E-state index < -0.39 is 35.2 Å². The van der Waals surface area contributed by atoms with E-state index in [-0.39, 0.29) is 17.9 Å². The third-order valence-electron chi connectivity index (χ3n) is 2.62. The fraction of sp³-hybridized carbons (Fsp3) is 0.417. The number of benzene rings is 1. The molecule has 110 valence electrons. The van der Waals surface area contributed by atoms with Crippen molar-refractivity contribution in [1.82, 2.24) is 0 Å². The summed E-state index contributed by atoms with van der Waals surface area (Å²) in [6, 6.07) is 3.69. The number of anilines is 1. The number of nitro groups is 1. The number of hydrogen-bond acceptors (Lipinski definition) is 7. The third-order valence-corrected chi connectivity index (χ3v) is 2.62. The first-order valence-electron chi connectivity index (χ1n) is 5.92. The number of nitrogens with zero attached hydrogens (tertiary/aromatic N) is 1. The predicted octanol–water partition coefficient (Wildman–Crippen LogP) is 0.524. The van der Waals surface area contributed by atoms with Crippen LogP contribution in [0, 0.1) is 10.1 Å². The molecule has 0 aromatic heterocycles. The second-order valence-electron chi connectivity index (χ2n) is 4.10. The summed E-state index contributed by atoms with van der Waals surface area (Å²) in [6.45, 7) is 1.75. The Kier molecular flexibility index (Phi) is 5.42. The smallest absolute Gasteiger partial charge is 0.308 e. The van der Waals surface area contributed by atoms with Crippen molar-refractivity contribution in [2.75, 3.05) is 12.3 Å². The van der Waals surface area contributed by atoms with E-state index in [1.807, 2.05) is 0 Å². The molecule has 0 aliphatic rings. The van der Waals surface area contributed by atoms with Crippen LogP contribution in [0.3, 0.4) is 0 Å². The minimum Gasteiger partial charge on any atom is -0.466 e. The molecule has 8 heteroatoms. The van der Waals surface area contributed by atoms with Crippen molar-refractivity contribution in [1.29, 1.82) is 0 Å². The van der Waals surface area contributed by atoms with Gasteiger partial charge in [-0.05, 0) is 19.1 Å². The van der Waals surface area contributed by atoms with Crippen LogP contribution in [0.2, 0.25) is 0 Å². The van der Waals surface area contributed by atoms with E-state index in [1.54, 1.807) is 6.92 Å². The SMILES string of the molecule is CCOC(=O)CC(O)C(O)c1ccc(N)cc1[N+](=O)[O-]. The lowest BCUT2D eigenvalue weighted by Crippen LogP contribution is -2.23. The second kappa shape index (κ2) is 6.83. The molecule has 0 amide bonds. The highest BCUT2D eigenvalue weighted by atomic mass is 16.6. The van der Waals surface area contributed by atoms with Gasteiger partial charge in [-0.3, -0.25) is 14.9 Å². The molecule has 2 unspecified atom stereocenters. The molecule has 0 heterocycles. The number of hydrogen-bond donors (Lipinski definition) is 3. The molecule has 0 fully saturated rings. The highest BCUT2D eigenvalue weighted by molar-refractivity contribution is 5.70. The second-order valence-corrected chi connectivity index (χ2v) is 4.10. The van der Waals surface area contributed by atoms with E-state index in [0.29, 0.717) is 0 Å². The largest absolute Gasteiger partial charge is 0.466 e. The van der Waals surface area contributed by atoms with Crippen LogP contribution in [0.15, 0.2) is 18.2 Å². The van der Waals surface area contributed by atoms with E-state index in [2.05, 4.69) is 4.74 Å². The Bertz CT molecular complexity index is 505. The molecule has 2 atom stereocenters. The fourth-order valence-corrected chi connectivity index (χ4v) is 1.68. The zero-order chi connectivity index (χ0) is 15.3.